The average Bonchev–Trinajstić information content (AvgIpc) is 2.39. The van der Waals surface area contributed by atoms with Crippen molar-refractivity contribution in [3.63, 3.8) is 0 Å². The summed E-state index contributed by atoms with van der Waals surface area (Å²) in [5.41, 5.74) is 7.33. The summed E-state index contributed by atoms with van der Waals surface area (Å²) in [5, 5.41) is 5.32. The molecule has 0 radical (unpaired) electrons. The summed E-state index contributed by atoms with van der Waals surface area (Å²) in [7, 11) is 1.60. The Balaban J connectivity index is 2.62. The van der Waals surface area contributed by atoms with Crippen LogP contribution in [0.15, 0.2) is 24.3 Å². The summed E-state index contributed by atoms with van der Waals surface area (Å²) < 4.78 is 0. The van der Waals surface area contributed by atoms with Gasteiger partial charge in [0.25, 0.3) is 0 Å². The van der Waals surface area contributed by atoms with Gasteiger partial charge in [-0.1, -0.05) is 26.0 Å². The molecule has 0 bridgehead atoms. The topological polar surface area (TPSA) is 84.2 Å². The van der Waals surface area contributed by atoms with Gasteiger partial charge in [0.1, 0.15) is 0 Å². The second-order valence-corrected chi connectivity index (χ2v) is 4.81. The highest BCUT2D eigenvalue weighted by molar-refractivity contribution is 5.94. The normalized spacial score (nSPS) is 12.1. The van der Waals surface area contributed by atoms with Gasteiger partial charge in [-0.3, -0.25) is 9.59 Å². The molecule has 1 aromatic carbocycles. The highest BCUT2D eigenvalue weighted by Crippen LogP contribution is 2.11. The minimum Gasteiger partial charge on any atom is -0.359 e. The number of anilines is 1. The van der Waals surface area contributed by atoms with Crippen molar-refractivity contribution in [2.24, 2.45) is 11.7 Å². The van der Waals surface area contributed by atoms with Gasteiger partial charge in [0.2, 0.25) is 11.8 Å². The van der Waals surface area contributed by atoms with Crippen LogP contribution in [-0.4, -0.2) is 24.9 Å². The number of likely N-dealkylation sites (N-methyl/N-ethyl adjacent to an activating group) is 1. The molecule has 104 valence electrons. The Hall–Kier alpha value is -1.88. The lowest BCUT2D eigenvalue weighted by atomic mass is 10.0. The maximum atomic E-state index is 11.8. The van der Waals surface area contributed by atoms with E-state index in [1.807, 2.05) is 26.0 Å². The Morgan fingerprint density at radius 1 is 1.21 bits per heavy atom. The SMILES string of the molecule is CNC(=O)Cc1ccc(NC(=O)[C@@H](N)C(C)C)cc1. The molecule has 0 aliphatic heterocycles. The first-order valence-electron chi connectivity index (χ1n) is 6.30. The lowest BCUT2D eigenvalue weighted by Crippen LogP contribution is -2.39. The number of nitrogens with two attached hydrogens (primary N) is 1. The first-order chi connectivity index (χ1) is 8.93. The van der Waals surface area contributed by atoms with Crippen LogP contribution in [0.1, 0.15) is 19.4 Å². The molecule has 4 N–H and O–H groups in total. The summed E-state index contributed by atoms with van der Waals surface area (Å²) in [5.74, 6) is -0.153. The number of hydrogen-bond donors (Lipinski definition) is 3. The molecule has 0 unspecified atom stereocenters. The number of carbonyl (C=O) groups is 2. The first-order valence-corrected chi connectivity index (χ1v) is 6.30. The van der Waals surface area contributed by atoms with Crippen LogP contribution < -0.4 is 16.4 Å². The third-order valence-electron chi connectivity index (χ3n) is 2.89. The number of benzene rings is 1. The Bertz CT molecular complexity index is 441. The molecular formula is C14H21N3O2. The number of rotatable bonds is 5. The minimum atomic E-state index is -0.523. The molecule has 0 fully saturated rings. The minimum absolute atomic E-state index is 0.0429. The van der Waals surface area contributed by atoms with E-state index in [0.29, 0.717) is 12.1 Å². The fourth-order valence-electron chi connectivity index (χ4n) is 1.51. The van der Waals surface area contributed by atoms with E-state index in [2.05, 4.69) is 10.6 Å². The van der Waals surface area contributed by atoms with Crippen LogP contribution in [-0.2, 0) is 16.0 Å². The van der Waals surface area contributed by atoms with Crippen LogP contribution in [0.2, 0.25) is 0 Å². The predicted octanol–water partition coefficient (Wildman–Crippen LogP) is 0.897. The van der Waals surface area contributed by atoms with E-state index in [1.165, 1.54) is 0 Å². The summed E-state index contributed by atoms with van der Waals surface area (Å²) in [6.07, 6.45) is 0.330. The zero-order valence-electron chi connectivity index (χ0n) is 11.6. The fourth-order valence-corrected chi connectivity index (χ4v) is 1.51. The van der Waals surface area contributed by atoms with Crippen molar-refractivity contribution in [1.82, 2.24) is 5.32 Å². The monoisotopic (exact) mass is 263 g/mol. The van der Waals surface area contributed by atoms with Crippen LogP contribution in [0.25, 0.3) is 0 Å². The van der Waals surface area contributed by atoms with Crippen molar-refractivity contribution < 1.29 is 9.59 Å². The molecule has 0 saturated heterocycles. The second-order valence-electron chi connectivity index (χ2n) is 4.81. The Kier molecular flexibility index (Phi) is 5.51. The van der Waals surface area contributed by atoms with Gasteiger partial charge in [-0.05, 0) is 23.6 Å². The second kappa shape index (κ2) is 6.89. The van der Waals surface area contributed by atoms with Gasteiger partial charge in [-0.25, -0.2) is 0 Å². The van der Waals surface area contributed by atoms with Gasteiger partial charge in [0, 0.05) is 12.7 Å². The molecule has 2 amide bonds. The quantitative estimate of drug-likeness (QED) is 0.738. The van der Waals surface area contributed by atoms with Crippen LogP contribution in [0.3, 0.4) is 0 Å². The smallest absolute Gasteiger partial charge is 0.241 e. The van der Waals surface area contributed by atoms with Gasteiger partial charge in [-0.15, -0.1) is 0 Å². The van der Waals surface area contributed by atoms with Crippen LogP contribution in [0.4, 0.5) is 5.69 Å². The molecule has 1 rings (SSSR count). The largest absolute Gasteiger partial charge is 0.359 e. The number of amides is 2. The Labute approximate surface area is 113 Å². The highest BCUT2D eigenvalue weighted by atomic mass is 16.2. The van der Waals surface area contributed by atoms with Crippen LogP contribution in [0.5, 0.6) is 0 Å². The molecule has 0 aliphatic rings. The van der Waals surface area contributed by atoms with Gasteiger partial charge in [-0.2, -0.15) is 0 Å². The first kappa shape index (κ1) is 15.2. The van der Waals surface area contributed by atoms with Crippen LogP contribution >= 0.6 is 0 Å². The zero-order valence-corrected chi connectivity index (χ0v) is 11.6. The summed E-state index contributed by atoms with van der Waals surface area (Å²) in [6.45, 7) is 3.80. The Morgan fingerprint density at radius 3 is 2.26 bits per heavy atom. The number of nitrogens with one attached hydrogen (secondary N) is 2. The van der Waals surface area contributed by atoms with Crippen molar-refractivity contribution in [2.75, 3.05) is 12.4 Å². The molecule has 0 aromatic heterocycles. The summed E-state index contributed by atoms with van der Waals surface area (Å²) >= 11 is 0. The molecule has 1 atom stereocenters. The maximum absolute atomic E-state index is 11.8. The van der Waals surface area contributed by atoms with E-state index in [4.69, 9.17) is 5.73 Å². The van der Waals surface area contributed by atoms with Crippen molar-refractivity contribution in [1.29, 1.82) is 0 Å². The predicted molar refractivity (Wildman–Crippen MR) is 75.7 cm³/mol. The van der Waals surface area contributed by atoms with Crippen molar-refractivity contribution in [2.45, 2.75) is 26.3 Å². The highest BCUT2D eigenvalue weighted by Gasteiger charge is 2.16. The number of carbonyl (C=O) groups excluding carboxylic acids is 2. The molecule has 1 aromatic rings. The van der Waals surface area contributed by atoms with Gasteiger partial charge in [0.05, 0.1) is 12.5 Å². The standard InChI is InChI=1S/C14H21N3O2/c1-9(2)13(15)14(19)17-11-6-4-10(5-7-11)8-12(18)16-3/h4-7,9,13H,8,15H2,1-3H3,(H,16,18)(H,17,19)/t13-/m0/s1. The molecule has 0 aliphatic carbocycles. The Morgan fingerprint density at radius 2 is 1.79 bits per heavy atom. The maximum Gasteiger partial charge on any atom is 0.241 e. The molecule has 19 heavy (non-hydrogen) atoms. The van der Waals surface area contributed by atoms with Gasteiger partial charge < -0.3 is 16.4 Å². The molecule has 0 heterocycles. The zero-order chi connectivity index (χ0) is 14.4. The van der Waals surface area contributed by atoms with Crippen LogP contribution in [0, 0.1) is 5.92 Å². The van der Waals surface area contributed by atoms with Crippen molar-refractivity contribution >= 4 is 17.5 Å². The lowest BCUT2D eigenvalue weighted by molar-refractivity contribution is -0.120. The lowest BCUT2D eigenvalue weighted by Gasteiger charge is -2.15. The summed E-state index contributed by atoms with van der Waals surface area (Å²) in [4.78, 5) is 23.0. The van der Waals surface area contributed by atoms with E-state index in [9.17, 15) is 9.59 Å². The van der Waals surface area contributed by atoms with Gasteiger partial charge in [0.15, 0.2) is 0 Å². The third kappa shape index (κ3) is 4.71. The van der Waals surface area contributed by atoms with E-state index in [0.717, 1.165) is 5.56 Å². The molecule has 5 nitrogen and oxygen atoms in total. The van der Waals surface area contributed by atoms with E-state index < -0.39 is 6.04 Å². The molecule has 0 saturated carbocycles. The third-order valence-corrected chi connectivity index (χ3v) is 2.89. The molecule has 5 heteroatoms. The van der Waals surface area contributed by atoms with Gasteiger partial charge >= 0.3 is 0 Å². The average molecular weight is 263 g/mol. The van der Waals surface area contributed by atoms with E-state index >= 15 is 0 Å². The van der Waals surface area contributed by atoms with E-state index in [1.54, 1.807) is 19.2 Å². The summed E-state index contributed by atoms with van der Waals surface area (Å²) in [6, 6.07) is 6.63. The number of hydrogen-bond acceptors (Lipinski definition) is 3. The molecule has 0 spiro atoms. The fraction of sp³-hybridized carbons (Fsp3) is 0.429. The molecular weight excluding hydrogens is 242 g/mol. The van der Waals surface area contributed by atoms with Crippen molar-refractivity contribution in [3.05, 3.63) is 29.8 Å². The van der Waals surface area contributed by atoms with E-state index in [-0.39, 0.29) is 17.7 Å². The van der Waals surface area contributed by atoms with Crippen molar-refractivity contribution in [3.8, 4) is 0 Å².